The Morgan fingerprint density at radius 1 is 1.23 bits per heavy atom. The molecule has 0 aromatic carbocycles. The number of unbranched alkanes of at least 4 members (excludes halogenated alkanes) is 1. The van der Waals surface area contributed by atoms with Gasteiger partial charge in [0.1, 0.15) is 0 Å². The molecule has 0 bridgehead atoms. The maximum atomic E-state index is 5.35. The fourth-order valence-electron chi connectivity index (χ4n) is 2.42. The van der Waals surface area contributed by atoms with E-state index in [-0.39, 0.29) is 24.0 Å². The quantitative estimate of drug-likeness (QED) is 0.231. The van der Waals surface area contributed by atoms with Gasteiger partial charge in [-0.05, 0) is 59.5 Å². The minimum Gasteiger partial charge on any atom is -0.382 e. The first kappa shape index (κ1) is 21.9. The molecule has 1 unspecified atom stereocenters. The highest BCUT2D eigenvalue weighted by Gasteiger charge is 2.32. The fourth-order valence-corrected chi connectivity index (χ4v) is 2.42. The molecule has 1 rings (SSSR count). The minimum atomic E-state index is 0. The number of likely N-dealkylation sites (N-methyl/N-ethyl adjacent to an activating group) is 1. The molecule has 1 atom stereocenters. The lowest BCUT2D eigenvalue weighted by atomic mass is 10.2. The van der Waals surface area contributed by atoms with Crippen LogP contribution in [0, 0.1) is 5.92 Å². The van der Waals surface area contributed by atoms with E-state index in [1.54, 1.807) is 0 Å². The summed E-state index contributed by atoms with van der Waals surface area (Å²) in [5.74, 6) is 1.79. The molecule has 6 heteroatoms. The average molecular weight is 426 g/mol. The number of nitrogens with one attached hydrogen (secondary N) is 2. The van der Waals surface area contributed by atoms with Crippen molar-refractivity contribution < 1.29 is 4.74 Å². The van der Waals surface area contributed by atoms with Crippen molar-refractivity contribution in [2.45, 2.75) is 45.6 Å². The number of aliphatic imine (C=N–C) groups is 1. The summed E-state index contributed by atoms with van der Waals surface area (Å²) in [6.07, 6.45) is 4.94. The van der Waals surface area contributed by atoms with Crippen LogP contribution in [-0.4, -0.2) is 63.8 Å². The van der Waals surface area contributed by atoms with Crippen molar-refractivity contribution in [3.63, 3.8) is 0 Å². The topological polar surface area (TPSA) is 48.9 Å². The lowest BCUT2D eigenvalue weighted by Gasteiger charge is -2.23. The van der Waals surface area contributed by atoms with Crippen LogP contribution in [0.5, 0.6) is 0 Å². The number of hydrogen-bond donors (Lipinski definition) is 2. The van der Waals surface area contributed by atoms with Gasteiger partial charge in [-0.25, -0.2) is 0 Å². The van der Waals surface area contributed by atoms with E-state index < -0.39 is 0 Å². The van der Waals surface area contributed by atoms with E-state index in [2.05, 4.69) is 36.6 Å². The van der Waals surface area contributed by atoms with Crippen LogP contribution in [0.2, 0.25) is 0 Å². The van der Waals surface area contributed by atoms with Gasteiger partial charge in [0.05, 0.1) is 6.54 Å². The molecule has 0 aromatic heterocycles. The Morgan fingerprint density at radius 2 is 1.95 bits per heavy atom. The predicted molar refractivity (Wildman–Crippen MR) is 105 cm³/mol. The van der Waals surface area contributed by atoms with Gasteiger partial charge in [0.15, 0.2) is 5.96 Å². The van der Waals surface area contributed by atoms with Gasteiger partial charge in [0, 0.05) is 32.3 Å². The van der Waals surface area contributed by atoms with Gasteiger partial charge in [0.2, 0.25) is 0 Å². The van der Waals surface area contributed by atoms with Gasteiger partial charge in [-0.1, -0.05) is 0 Å². The average Bonchev–Trinajstić information content (AvgIpc) is 3.27. The van der Waals surface area contributed by atoms with Crippen molar-refractivity contribution >= 4 is 29.9 Å². The molecule has 0 heterocycles. The standard InChI is InChI=1S/C16H34N4O.HI/c1-5-17-16(18-11-7-8-12-21-6-2)19-13-15(20(3)4)14-9-10-14;/h14-15H,5-13H2,1-4H3,(H2,17,18,19);1H. The molecule has 1 saturated carbocycles. The Labute approximate surface area is 153 Å². The SMILES string of the molecule is CCNC(=NCC(C1CC1)N(C)C)NCCCCOCC.I. The summed E-state index contributed by atoms with van der Waals surface area (Å²) in [7, 11) is 4.32. The largest absolute Gasteiger partial charge is 0.382 e. The van der Waals surface area contributed by atoms with E-state index in [0.717, 1.165) is 57.6 Å². The molecular weight excluding hydrogens is 391 g/mol. The van der Waals surface area contributed by atoms with Crippen LogP contribution in [-0.2, 0) is 4.74 Å². The number of hydrogen-bond acceptors (Lipinski definition) is 3. The van der Waals surface area contributed by atoms with Crippen molar-refractivity contribution in [2.75, 3.05) is 46.9 Å². The third-order valence-corrected chi connectivity index (χ3v) is 3.82. The molecule has 1 aliphatic carbocycles. The first-order valence-electron chi connectivity index (χ1n) is 8.45. The summed E-state index contributed by atoms with van der Waals surface area (Å²) < 4.78 is 5.35. The molecule has 1 aliphatic rings. The van der Waals surface area contributed by atoms with Crippen molar-refractivity contribution in [3.8, 4) is 0 Å². The van der Waals surface area contributed by atoms with Gasteiger partial charge in [-0.2, -0.15) is 0 Å². The number of rotatable bonds is 11. The van der Waals surface area contributed by atoms with E-state index >= 15 is 0 Å². The van der Waals surface area contributed by atoms with E-state index in [1.165, 1.54) is 12.8 Å². The summed E-state index contributed by atoms with van der Waals surface area (Å²) in [5, 5.41) is 6.74. The maximum absolute atomic E-state index is 5.35. The zero-order valence-electron chi connectivity index (χ0n) is 14.7. The Balaban J connectivity index is 0.00000441. The van der Waals surface area contributed by atoms with Crippen LogP contribution in [0.4, 0.5) is 0 Å². The Bertz CT molecular complexity index is 294. The van der Waals surface area contributed by atoms with Gasteiger partial charge in [-0.15, -0.1) is 24.0 Å². The molecular formula is C16H35IN4O. The molecule has 22 heavy (non-hydrogen) atoms. The summed E-state index contributed by atoms with van der Waals surface area (Å²) in [6, 6.07) is 0.582. The van der Waals surface area contributed by atoms with Crippen LogP contribution < -0.4 is 10.6 Å². The highest BCUT2D eigenvalue weighted by Crippen LogP contribution is 2.34. The summed E-state index contributed by atoms with van der Waals surface area (Å²) >= 11 is 0. The van der Waals surface area contributed by atoms with Crippen molar-refractivity contribution in [3.05, 3.63) is 0 Å². The summed E-state index contributed by atoms with van der Waals surface area (Å²) in [6.45, 7) is 8.55. The summed E-state index contributed by atoms with van der Waals surface area (Å²) in [5.41, 5.74) is 0. The molecule has 0 spiro atoms. The Morgan fingerprint density at radius 3 is 2.50 bits per heavy atom. The third kappa shape index (κ3) is 9.84. The number of ether oxygens (including phenoxy) is 1. The second-order valence-corrected chi connectivity index (χ2v) is 5.92. The molecule has 0 saturated heterocycles. The molecule has 1 fully saturated rings. The van der Waals surface area contributed by atoms with Crippen LogP contribution >= 0.6 is 24.0 Å². The lowest BCUT2D eigenvalue weighted by molar-refractivity contribution is 0.143. The highest BCUT2D eigenvalue weighted by molar-refractivity contribution is 14.0. The zero-order chi connectivity index (χ0) is 15.5. The van der Waals surface area contributed by atoms with Gasteiger partial charge in [-0.3, -0.25) is 4.99 Å². The third-order valence-electron chi connectivity index (χ3n) is 3.82. The first-order valence-corrected chi connectivity index (χ1v) is 8.45. The van der Waals surface area contributed by atoms with E-state index in [4.69, 9.17) is 9.73 Å². The van der Waals surface area contributed by atoms with Crippen molar-refractivity contribution in [2.24, 2.45) is 10.9 Å². The van der Waals surface area contributed by atoms with Crippen LogP contribution in [0.1, 0.15) is 39.5 Å². The molecule has 0 radical (unpaired) electrons. The molecule has 0 aromatic rings. The zero-order valence-corrected chi connectivity index (χ0v) is 17.1. The van der Waals surface area contributed by atoms with Crippen molar-refractivity contribution in [1.29, 1.82) is 0 Å². The maximum Gasteiger partial charge on any atom is 0.191 e. The monoisotopic (exact) mass is 426 g/mol. The fraction of sp³-hybridized carbons (Fsp3) is 0.938. The van der Waals surface area contributed by atoms with Crippen LogP contribution in [0.25, 0.3) is 0 Å². The normalized spacial score (nSPS) is 16.3. The molecule has 0 amide bonds. The lowest BCUT2D eigenvalue weighted by Crippen LogP contribution is -2.40. The second kappa shape index (κ2) is 13.4. The van der Waals surface area contributed by atoms with E-state index in [0.29, 0.717) is 6.04 Å². The van der Waals surface area contributed by atoms with Gasteiger partial charge < -0.3 is 20.3 Å². The van der Waals surface area contributed by atoms with E-state index in [1.807, 2.05) is 6.92 Å². The smallest absolute Gasteiger partial charge is 0.191 e. The number of guanidine groups is 1. The molecule has 5 nitrogen and oxygen atoms in total. The van der Waals surface area contributed by atoms with Crippen LogP contribution in [0.15, 0.2) is 4.99 Å². The molecule has 0 aliphatic heterocycles. The predicted octanol–water partition coefficient (Wildman–Crippen LogP) is 2.32. The Kier molecular flexibility index (Phi) is 13.3. The molecule has 132 valence electrons. The van der Waals surface area contributed by atoms with Gasteiger partial charge >= 0.3 is 0 Å². The summed E-state index contributed by atoms with van der Waals surface area (Å²) in [4.78, 5) is 7.06. The van der Waals surface area contributed by atoms with Gasteiger partial charge in [0.25, 0.3) is 0 Å². The number of halogens is 1. The van der Waals surface area contributed by atoms with Crippen molar-refractivity contribution in [1.82, 2.24) is 15.5 Å². The highest BCUT2D eigenvalue weighted by atomic mass is 127. The Hall–Kier alpha value is -0.0800. The molecule has 2 N–H and O–H groups in total. The number of nitrogens with zero attached hydrogens (tertiary/aromatic N) is 2. The minimum absolute atomic E-state index is 0. The second-order valence-electron chi connectivity index (χ2n) is 5.92. The van der Waals surface area contributed by atoms with Crippen LogP contribution in [0.3, 0.4) is 0 Å². The van der Waals surface area contributed by atoms with E-state index in [9.17, 15) is 0 Å². The first-order chi connectivity index (χ1) is 10.2.